The van der Waals surface area contributed by atoms with Gasteiger partial charge in [-0.1, -0.05) is 12.1 Å². The molecule has 0 fully saturated rings. The van der Waals surface area contributed by atoms with Crippen molar-refractivity contribution in [2.45, 2.75) is 12.8 Å². The third-order valence-electron chi connectivity index (χ3n) is 2.86. The fourth-order valence-electron chi connectivity index (χ4n) is 1.78. The number of carboxylic acids is 1. The maximum absolute atomic E-state index is 12.2. The third kappa shape index (κ3) is 3.46. The lowest BCUT2D eigenvalue weighted by molar-refractivity contribution is -0.137. The Labute approximate surface area is 129 Å². The number of carbonyl (C=O) groups excluding carboxylic acids is 1. The molecule has 0 aliphatic carbocycles. The van der Waals surface area contributed by atoms with E-state index in [-0.39, 0.29) is 12.0 Å². The fourth-order valence-corrected chi connectivity index (χ4v) is 1.78. The van der Waals surface area contributed by atoms with E-state index in [1.165, 1.54) is 6.07 Å². The minimum atomic E-state index is -1.16. The minimum absolute atomic E-state index is 0.0492. The Bertz CT molecular complexity index is 863. The van der Waals surface area contributed by atoms with E-state index in [0.717, 1.165) is 0 Å². The maximum atomic E-state index is 12.2. The van der Waals surface area contributed by atoms with Gasteiger partial charge in [0, 0.05) is 18.2 Å². The highest BCUT2D eigenvalue weighted by Gasteiger charge is 2.18. The summed E-state index contributed by atoms with van der Waals surface area (Å²) in [5.74, 6) is -2.62. The number of aliphatic carboxylic acids is 1. The molecule has 0 aromatic heterocycles. The number of nitriles is 1. The van der Waals surface area contributed by atoms with Crippen LogP contribution in [0.15, 0.2) is 46.8 Å². The number of rotatable bonds is 4. The van der Waals surface area contributed by atoms with Crippen molar-refractivity contribution in [1.82, 2.24) is 0 Å². The first-order valence-electron chi connectivity index (χ1n) is 7.30. The largest absolute Gasteiger partial charge is 0.510 e. The van der Waals surface area contributed by atoms with Crippen molar-refractivity contribution in [1.29, 1.82) is 5.26 Å². The van der Waals surface area contributed by atoms with E-state index in [9.17, 15) is 14.7 Å². The molecule has 1 aromatic carbocycles. The Morgan fingerprint density at radius 1 is 1.36 bits per heavy atom. The molecule has 0 radical (unpaired) electrons. The van der Waals surface area contributed by atoms with Gasteiger partial charge in [-0.3, -0.25) is 9.59 Å². The number of carbonyl (C=O) groups is 2. The first-order chi connectivity index (χ1) is 11.3. The summed E-state index contributed by atoms with van der Waals surface area (Å²) in [6.07, 6.45) is -1.13. The molecule has 1 aromatic rings. The van der Waals surface area contributed by atoms with Crippen LogP contribution in [0.2, 0.25) is 0 Å². The zero-order valence-corrected chi connectivity index (χ0v) is 11.3. The number of ketones is 1. The number of hydrogen-bond acceptors (Lipinski definition) is 5. The predicted molar refractivity (Wildman–Crippen MR) is 79.2 cm³/mol. The Morgan fingerprint density at radius 2 is 2.14 bits per heavy atom. The van der Waals surface area contributed by atoms with E-state index in [4.69, 9.17) is 13.1 Å². The summed E-state index contributed by atoms with van der Waals surface area (Å²) >= 11 is 0. The Morgan fingerprint density at radius 3 is 2.82 bits per heavy atom. The molecule has 1 aliphatic rings. The van der Waals surface area contributed by atoms with Gasteiger partial charge < -0.3 is 10.2 Å². The lowest BCUT2D eigenvalue weighted by Crippen LogP contribution is -2.09. The van der Waals surface area contributed by atoms with Crippen LogP contribution in [-0.2, 0) is 9.59 Å². The van der Waals surface area contributed by atoms with E-state index in [1.54, 1.807) is 18.2 Å². The van der Waals surface area contributed by atoms with Crippen molar-refractivity contribution in [3.63, 3.8) is 0 Å². The summed E-state index contributed by atoms with van der Waals surface area (Å²) in [7, 11) is 0. The number of aliphatic hydroxyl groups is 1. The topological polar surface area (TPSA) is 111 Å². The monoisotopic (exact) mass is 298 g/mol. The molecule has 110 valence electrons. The number of aliphatic imine (C=N–C) groups is 1. The molecule has 0 spiro atoms. The third-order valence-corrected chi connectivity index (χ3v) is 2.86. The molecule has 22 heavy (non-hydrogen) atoms. The molecule has 0 unspecified atom stereocenters. The number of hydrogen-bond donors (Lipinski definition) is 2. The highest BCUT2D eigenvalue weighted by atomic mass is 16.4. The highest BCUT2D eigenvalue weighted by molar-refractivity contribution is 6.24. The molecule has 0 saturated heterocycles. The molecule has 6 nitrogen and oxygen atoms in total. The Kier molecular flexibility index (Phi) is 3.70. The smallest absolute Gasteiger partial charge is 0.303 e. The maximum Gasteiger partial charge on any atom is 0.303 e. The second kappa shape index (κ2) is 6.50. The van der Waals surface area contributed by atoms with Gasteiger partial charge in [0.05, 0.1) is 20.8 Å². The van der Waals surface area contributed by atoms with Crippen LogP contribution in [0.25, 0.3) is 5.57 Å². The minimum Gasteiger partial charge on any atom is -0.510 e. The Balaban J connectivity index is 2.46. The van der Waals surface area contributed by atoms with Gasteiger partial charge in [0.1, 0.15) is 11.5 Å². The molecule has 0 amide bonds. The first kappa shape index (κ1) is 12.5. The van der Waals surface area contributed by atoms with Crippen LogP contribution in [0.1, 0.15) is 26.7 Å². The van der Waals surface area contributed by atoms with Crippen LogP contribution in [0.5, 0.6) is 0 Å². The van der Waals surface area contributed by atoms with Gasteiger partial charge in [0.2, 0.25) is 5.78 Å². The summed E-state index contributed by atoms with van der Waals surface area (Å²) in [5.41, 5.74) is 0.0854. The summed E-state index contributed by atoms with van der Waals surface area (Å²) in [4.78, 5) is 26.5. The zero-order chi connectivity index (χ0) is 17.9. The van der Waals surface area contributed by atoms with Gasteiger partial charge in [0.15, 0.2) is 0 Å². The van der Waals surface area contributed by atoms with E-state index in [1.807, 2.05) is 6.07 Å². The van der Waals surface area contributed by atoms with Crippen molar-refractivity contribution in [2.24, 2.45) is 4.99 Å². The zero-order valence-electron chi connectivity index (χ0n) is 13.3. The van der Waals surface area contributed by atoms with Crippen LogP contribution in [0.4, 0.5) is 0 Å². The average Bonchev–Trinajstić information content (AvgIpc) is 2.56. The van der Waals surface area contributed by atoms with Gasteiger partial charge in [-0.05, 0) is 23.7 Å². The Hall–Kier alpha value is -3.20. The number of dihydropyridines is 1. The second-order valence-electron chi connectivity index (χ2n) is 4.43. The van der Waals surface area contributed by atoms with E-state index >= 15 is 0 Å². The summed E-state index contributed by atoms with van der Waals surface area (Å²) in [5, 5.41) is 27.3. The van der Waals surface area contributed by atoms with E-state index in [2.05, 4.69) is 4.99 Å². The molecule has 1 heterocycles. The van der Waals surface area contributed by atoms with Crippen LogP contribution in [-0.4, -0.2) is 28.2 Å². The lowest BCUT2D eigenvalue weighted by atomic mass is 10.00. The SMILES string of the molecule is [2H]C1=NC(=C(O)CCC(=O)O)C(=O)C([2H])=C1c1cccc(C#N)c1. The van der Waals surface area contributed by atoms with Crippen molar-refractivity contribution >= 4 is 23.5 Å². The number of benzene rings is 1. The normalized spacial score (nSPS) is 18.1. The molecule has 1 aliphatic heterocycles. The van der Waals surface area contributed by atoms with Gasteiger partial charge >= 0.3 is 5.97 Å². The van der Waals surface area contributed by atoms with E-state index in [0.29, 0.717) is 11.1 Å². The van der Waals surface area contributed by atoms with Gasteiger partial charge in [0.25, 0.3) is 0 Å². The first-order valence-corrected chi connectivity index (χ1v) is 6.30. The predicted octanol–water partition coefficient (Wildman–Crippen LogP) is 2.23. The average molecular weight is 298 g/mol. The van der Waals surface area contributed by atoms with E-state index < -0.39 is 41.9 Å². The van der Waals surface area contributed by atoms with Crippen LogP contribution in [0.3, 0.4) is 0 Å². The number of aliphatic hydroxyl groups excluding tert-OH is 1. The van der Waals surface area contributed by atoms with Crippen molar-refractivity contribution in [3.05, 3.63) is 52.9 Å². The summed E-state index contributed by atoms with van der Waals surface area (Å²) in [6, 6.07) is 7.46. The van der Waals surface area contributed by atoms with Gasteiger partial charge in [-0.15, -0.1) is 0 Å². The van der Waals surface area contributed by atoms with Crippen LogP contribution in [0, 0.1) is 11.3 Å². The molecule has 2 rings (SSSR count). The lowest BCUT2D eigenvalue weighted by Gasteiger charge is -2.10. The number of carboxylic acid groups (broad SMARTS) is 1. The second-order valence-corrected chi connectivity index (χ2v) is 4.43. The molecule has 0 bridgehead atoms. The van der Waals surface area contributed by atoms with Crippen LogP contribution >= 0.6 is 0 Å². The number of nitrogens with zero attached hydrogens (tertiary/aromatic N) is 2. The van der Waals surface area contributed by atoms with Crippen molar-refractivity contribution in [3.8, 4) is 6.07 Å². The van der Waals surface area contributed by atoms with Gasteiger partial charge in [-0.2, -0.15) is 5.26 Å². The molecule has 0 atom stereocenters. The molecule has 2 N–H and O–H groups in total. The van der Waals surface area contributed by atoms with Crippen LogP contribution < -0.4 is 0 Å². The molecule has 0 saturated carbocycles. The number of allylic oxidation sites excluding steroid dienone is 3. The van der Waals surface area contributed by atoms with Crippen molar-refractivity contribution < 1.29 is 22.5 Å². The standard InChI is InChI=1S/C16H12N2O4/c17-8-10-2-1-3-11(6-10)12-7-14(20)16(18-9-12)13(19)4-5-15(21)22/h1-3,6-7,9,19H,4-5H2,(H,21,22)/i7D,9D. The summed E-state index contributed by atoms with van der Waals surface area (Å²) in [6.45, 7) is 0. The highest BCUT2D eigenvalue weighted by Crippen LogP contribution is 2.22. The molecular formula is C16H12N2O4. The van der Waals surface area contributed by atoms with Gasteiger partial charge in [-0.25, -0.2) is 4.99 Å². The summed E-state index contributed by atoms with van der Waals surface area (Å²) < 4.78 is 15.9. The fraction of sp³-hybridized carbons (Fsp3) is 0.125. The van der Waals surface area contributed by atoms with Crippen molar-refractivity contribution in [2.75, 3.05) is 0 Å². The molecular weight excluding hydrogens is 284 g/mol. The quantitative estimate of drug-likeness (QED) is 0.654. The molecule has 6 heteroatoms.